The van der Waals surface area contributed by atoms with Crippen molar-refractivity contribution < 1.29 is 19.1 Å². The third-order valence-corrected chi connectivity index (χ3v) is 3.35. The largest absolute Gasteiger partial charge is 0.466 e. The molecule has 0 aliphatic carbocycles. The minimum atomic E-state index is -1.25. The van der Waals surface area contributed by atoms with Crippen molar-refractivity contribution >= 4 is 11.7 Å². The second kappa shape index (κ2) is 7.05. The number of carbonyl (C=O) groups excluding carboxylic acids is 1. The number of oxime groups is 1. The maximum atomic E-state index is 12.1. The lowest BCUT2D eigenvalue weighted by Crippen LogP contribution is -2.44. The monoisotopic (exact) mass is 302 g/mol. The molecule has 0 N–H and O–H groups in total. The standard InChI is InChI=1S/C16H18N2O4/c1-3-7-21-11-16(15(19)20-2)9-14(18-22-16)13-6-4-5-12(8-13)10-17/h4-6,8H,3,7,9,11H2,1-2H3. The molecular formula is C16H18N2O4. The van der Waals surface area contributed by atoms with Crippen LogP contribution in [-0.2, 0) is 19.1 Å². The van der Waals surface area contributed by atoms with E-state index in [1.807, 2.05) is 13.0 Å². The van der Waals surface area contributed by atoms with Gasteiger partial charge in [0.15, 0.2) is 0 Å². The van der Waals surface area contributed by atoms with Gasteiger partial charge in [-0.2, -0.15) is 5.26 Å². The number of hydrogen-bond acceptors (Lipinski definition) is 6. The molecule has 1 aliphatic heterocycles. The zero-order valence-corrected chi connectivity index (χ0v) is 12.7. The van der Waals surface area contributed by atoms with Crippen LogP contribution in [0.3, 0.4) is 0 Å². The Morgan fingerprint density at radius 1 is 1.55 bits per heavy atom. The van der Waals surface area contributed by atoms with Crippen molar-refractivity contribution in [2.24, 2.45) is 5.16 Å². The molecule has 1 aromatic rings. The minimum absolute atomic E-state index is 0.0818. The number of hydrogen-bond donors (Lipinski definition) is 0. The molecule has 0 fully saturated rings. The van der Waals surface area contributed by atoms with Crippen molar-refractivity contribution in [2.75, 3.05) is 20.3 Å². The molecule has 22 heavy (non-hydrogen) atoms. The number of rotatable bonds is 6. The van der Waals surface area contributed by atoms with Gasteiger partial charge in [0.05, 0.1) is 24.5 Å². The summed E-state index contributed by atoms with van der Waals surface area (Å²) in [4.78, 5) is 17.5. The number of carbonyl (C=O) groups is 1. The van der Waals surface area contributed by atoms with Crippen molar-refractivity contribution in [3.8, 4) is 6.07 Å². The van der Waals surface area contributed by atoms with Crippen molar-refractivity contribution in [1.29, 1.82) is 5.26 Å². The van der Waals surface area contributed by atoms with Gasteiger partial charge in [-0.05, 0) is 18.6 Å². The Morgan fingerprint density at radius 3 is 3.05 bits per heavy atom. The molecule has 0 saturated carbocycles. The molecular weight excluding hydrogens is 284 g/mol. The van der Waals surface area contributed by atoms with Gasteiger partial charge in [-0.15, -0.1) is 0 Å². The highest BCUT2D eigenvalue weighted by Gasteiger charge is 2.48. The first-order valence-electron chi connectivity index (χ1n) is 7.07. The molecule has 6 nitrogen and oxygen atoms in total. The Labute approximate surface area is 129 Å². The van der Waals surface area contributed by atoms with E-state index >= 15 is 0 Å². The number of nitrogens with zero attached hydrogens (tertiary/aromatic N) is 2. The Morgan fingerprint density at radius 2 is 2.36 bits per heavy atom. The SMILES string of the molecule is CCCOCC1(C(=O)OC)CC(c2cccc(C#N)c2)=NO1. The number of esters is 1. The molecule has 1 aromatic carbocycles. The topological polar surface area (TPSA) is 80.9 Å². The molecule has 1 aliphatic rings. The van der Waals surface area contributed by atoms with Crippen LogP contribution in [0.2, 0.25) is 0 Å². The first-order chi connectivity index (χ1) is 10.6. The molecule has 2 rings (SSSR count). The van der Waals surface area contributed by atoms with E-state index in [9.17, 15) is 4.79 Å². The molecule has 1 heterocycles. The molecule has 0 radical (unpaired) electrons. The number of ether oxygens (including phenoxy) is 2. The quantitative estimate of drug-likeness (QED) is 0.593. The van der Waals surface area contributed by atoms with E-state index in [0.29, 0.717) is 17.9 Å². The van der Waals surface area contributed by atoms with E-state index in [4.69, 9.17) is 19.6 Å². The lowest BCUT2D eigenvalue weighted by molar-refractivity contribution is -0.174. The molecule has 0 amide bonds. The molecule has 1 unspecified atom stereocenters. The summed E-state index contributed by atoms with van der Waals surface area (Å²) in [5, 5.41) is 13.0. The Hall–Kier alpha value is -2.39. The summed E-state index contributed by atoms with van der Waals surface area (Å²) >= 11 is 0. The Bertz CT molecular complexity index is 621. The maximum Gasteiger partial charge on any atom is 0.356 e. The zero-order valence-electron chi connectivity index (χ0n) is 12.7. The van der Waals surface area contributed by atoms with Gasteiger partial charge >= 0.3 is 5.97 Å². The van der Waals surface area contributed by atoms with Gasteiger partial charge in [0.25, 0.3) is 5.60 Å². The molecule has 0 bridgehead atoms. The van der Waals surface area contributed by atoms with E-state index in [1.165, 1.54) is 7.11 Å². The van der Waals surface area contributed by atoms with Gasteiger partial charge in [-0.3, -0.25) is 0 Å². The van der Waals surface area contributed by atoms with Crippen LogP contribution in [0.4, 0.5) is 0 Å². The van der Waals surface area contributed by atoms with Crippen molar-refractivity contribution in [3.05, 3.63) is 35.4 Å². The van der Waals surface area contributed by atoms with Crippen LogP contribution in [0.25, 0.3) is 0 Å². The fourth-order valence-electron chi connectivity index (χ4n) is 2.21. The van der Waals surface area contributed by atoms with Crippen LogP contribution in [0.5, 0.6) is 0 Å². The summed E-state index contributed by atoms with van der Waals surface area (Å²) in [6, 6.07) is 9.08. The highest BCUT2D eigenvalue weighted by Crippen LogP contribution is 2.29. The summed E-state index contributed by atoms with van der Waals surface area (Å²) in [6.45, 7) is 2.59. The van der Waals surface area contributed by atoms with E-state index in [0.717, 1.165) is 12.0 Å². The van der Waals surface area contributed by atoms with E-state index in [2.05, 4.69) is 11.2 Å². The minimum Gasteiger partial charge on any atom is -0.466 e. The number of methoxy groups -OCH3 is 1. The predicted molar refractivity (Wildman–Crippen MR) is 79.3 cm³/mol. The smallest absolute Gasteiger partial charge is 0.356 e. The van der Waals surface area contributed by atoms with Gasteiger partial charge in [-0.25, -0.2) is 4.79 Å². The maximum absolute atomic E-state index is 12.1. The van der Waals surface area contributed by atoms with E-state index < -0.39 is 11.6 Å². The van der Waals surface area contributed by atoms with Crippen LogP contribution in [0.15, 0.2) is 29.4 Å². The summed E-state index contributed by atoms with van der Waals surface area (Å²) in [5.74, 6) is -0.515. The lowest BCUT2D eigenvalue weighted by atomic mass is 9.94. The van der Waals surface area contributed by atoms with Gasteiger partial charge in [0.2, 0.25) is 0 Å². The fraction of sp³-hybridized carbons (Fsp3) is 0.438. The molecule has 6 heteroatoms. The average molecular weight is 302 g/mol. The van der Waals surface area contributed by atoms with Crippen LogP contribution < -0.4 is 0 Å². The van der Waals surface area contributed by atoms with Gasteiger partial charge in [0.1, 0.15) is 6.61 Å². The predicted octanol–water partition coefficient (Wildman–Crippen LogP) is 2.02. The fourth-order valence-corrected chi connectivity index (χ4v) is 2.21. The van der Waals surface area contributed by atoms with Gasteiger partial charge < -0.3 is 14.3 Å². The third kappa shape index (κ3) is 3.26. The van der Waals surface area contributed by atoms with E-state index in [1.54, 1.807) is 18.2 Å². The number of nitriles is 1. The lowest BCUT2D eigenvalue weighted by Gasteiger charge is -2.23. The Balaban J connectivity index is 2.18. The second-order valence-electron chi connectivity index (χ2n) is 5.04. The first kappa shape index (κ1) is 16.0. The van der Waals surface area contributed by atoms with Crippen LogP contribution in [-0.4, -0.2) is 37.6 Å². The molecule has 116 valence electrons. The molecule has 0 aromatic heterocycles. The first-order valence-corrected chi connectivity index (χ1v) is 7.07. The second-order valence-corrected chi connectivity index (χ2v) is 5.04. The van der Waals surface area contributed by atoms with E-state index in [-0.39, 0.29) is 13.0 Å². The summed E-state index contributed by atoms with van der Waals surface area (Å²) < 4.78 is 10.3. The third-order valence-electron chi connectivity index (χ3n) is 3.35. The summed E-state index contributed by atoms with van der Waals surface area (Å²) in [7, 11) is 1.31. The van der Waals surface area contributed by atoms with Crippen LogP contribution in [0.1, 0.15) is 30.9 Å². The number of benzene rings is 1. The van der Waals surface area contributed by atoms with Crippen molar-refractivity contribution in [1.82, 2.24) is 0 Å². The van der Waals surface area contributed by atoms with Crippen molar-refractivity contribution in [3.63, 3.8) is 0 Å². The zero-order chi connectivity index (χ0) is 16.0. The summed E-state index contributed by atoms with van der Waals surface area (Å²) in [6.07, 6.45) is 1.09. The average Bonchev–Trinajstić information content (AvgIpc) is 3.00. The summed E-state index contributed by atoms with van der Waals surface area (Å²) in [5.41, 5.74) is 0.628. The molecule has 0 saturated heterocycles. The normalized spacial score (nSPS) is 20.0. The highest BCUT2D eigenvalue weighted by molar-refractivity contribution is 6.05. The molecule has 1 atom stereocenters. The molecule has 0 spiro atoms. The highest BCUT2D eigenvalue weighted by atomic mass is 16.7. The Kier molecular flexibility index (Phi) is 5.12. The van der Waals surface area contributed by atoms with Gasteiger partial charge in [0, 0.05) is 18.6 Å². The van der Waals surface area contributed by atoms with Crippen molar-refractivity contribution in [2.45, 2.75) is 25.4 Å². The van der Waals surface area contributed by atoms with Crippen LogP contribution >= 0.6 is 0 Å². The van der Waals surface area contributed by atoms with Gasteiger partial charge in [-0.1, -0.05) is 24.2 Å². The van der Waals surface area contributed by atoms with Crippen LogP contribution in [0, 0.1) is 11.3 Å².